The molecule has 0 radical (unpaired) electrons. The van der Waals surface area contributed by atoms with Gasteiger partial charge in [-0.2, -0.15) is 4.98 Å². The van der Waals surface area contributed by atoms with E-state index in [1.165, 1.54) is 38.5 Å². The zero-order chi connectivity index (χ0) is 30.8. The van der Waals surface area contributed by atoms with Crippen LogP contribution in [-0.4, -0.2) is 76.8 Å². The van der Waals surface area contributed by atoms with Gasteiger partial charge in [-0.25, -0.2) is 4.98 Å². The average molecular weight is 652 g/mol. The fraction of sp³-hybridized carbons (Fsp3) is 0.515. The van der Waals surface area contributed by atoms with Gasteiger partial charge in [-0.1, -0.05) is 59.8 Å². The summed E-state index contributed by atoms with van der Waals surface area (Å²) in [7, 11) is 0. The molecule has 1 saturated heterocycles. The second-order valence-corrected chi connectivity index (χ2v) is 12.8. The molecule has 2 fully saturated rings. The number of hydrogen-bond acceptors (Lipinski definition) is 9. The number of rotatable bonds is 14. The average Bonchev–Trinajstić information content (AvgIpc) is 3.54. The van der Waals surface area contributed by atoms with Crippen molar-refractivity contribution in [3.8, 4) is 0 Å². The first-order valence-electron chi connectivity index (χ1n) is 16.4. The van der Waals surface area contributed by atoms with Gasteiger partial charge in [0.15, 0.2) is 0 Å². The first kappa shape index (κ1) is 31.8. The number of halogens is 2. The minimum Gasteiger partial charge on any atom is -0.368 e. The van der Waals surface area contributed by atoms with Crippen LogP contribution in [0.4, 0.5) is 17.5 Å². The van der Waals surface area contributed by atoms with Gasteiger partial charge < -0.3 is 25.8 Å². The van der Waals surface area contributed by atoms with Crippen molar-refractivity contribution in [1.29, 1.82) is 0 Å². The molecule has 10 nitrogen and oxygen atoms in total. The zero-order valence-corrected chi connectivity index (χ0v) is 27.4. The standard InChI is InChI=1S/C33H44Cl2N10/c34-29-13-12-27(22-30(29)35)43-18-20-44(21-19-43)32-28-10-4-5-11-31(28)39-33(40-32)38-23-26-24-45(42-41-26)17-7-15-36-14-6-16-37-25-8-2-1-3-9-25/h4-5,10-13,22,24-25,36-37H,1-3,6-9,14-21,23H2,(H,38,39,40). The molecule has 1 saturated carbocycles. The molecule has 6 rings (SSSR count). The number of fused-ring (bicyclic) bond motifs is 1. The minimum atomic E-state index is 0.509. The van der Waals surface area contributed by atoms with Gasteiger partial charge in [0.05, 0.1) is 28.3 Å². The van der Waals surface area contributed by atoms with E-state index in [2.05, 4.69) is 42.1 Å². The summed E-state index contributed by atoms with van der Waals surface area (Å²) >= 11 is 12.4. The molecule has 0 atom stereocenters. The Morgan fingerprint density at radius 3 is 2.47 bits per heavy atom. The molecular weight excluding hydrogens is 607 g/mol. The summed E-state index contributed by atoms with van der Waals surface area (Å²) in [5.74, 6) is 1.53. The SMILES string of the molecule is Clc1ccc(N2CCN(c3nc(NCc4cn(CCCNCCCNC5CCCCC5)nn4)nc4ccccc34)CC2)cc1Cl. The molecule has 12 heteroatoms. The predicted octanol–water partition coefficient (Wildman–Crippen LogP) is 5.76. The Labute approximate surface area is 275 Å². The lowest BCUT2D eigenvalue weighted by molar-refractivity contribution is 0.371. The number of benzene rings is 2. The second kappa shape index (κ2) is 15.9. The summed E-state index contributed by atoms with van der Waals surface area (Å²) in [6.07, 6.45) is 11.1. The van der Waals surface area contributed by atoms with Crippen molar-refractivity contribution >= 4 is 51.6 Å². The smallest absolute Gasteiger partial charge is 0.225 e. The summed E-state index contributed by atoms with van der Waals surface area (Å²) in [5, 5.41) is 21.6. The number of anilines is 3. The highest BCUT2D eigenvalue weighted by Gasteiger charge is 2.22. The van der Waals surface area contributed by atoms with Crippen molar-refractivity contribution in [2.45, 2.75) is 64.1 Å². The van der Waals surface area contributed by atoms with Gasteiger partial charge in [-0.3, -0.25) is 4.68 Å². The highest BCUT2D eigenvalue weighted by Crippen LogP contribution is 2.30. The zero-order valence-electron chi connectivity index (χ0n) is 25.9. The van der Waals surface area contributed by atoms with Crippen molar-refractivity contribution in [3.63, 3.8) is 0 Å². The fourth-order valence-corrected chi connectivity index (χ4v) is 6.55. The van der Waals surface area contributed by atoms with Crippen LogP contribution in [0, 0.1) is 0 Å². The third-order valence-electron chi connectivity index (χ3n) is 8.75. The lowest BCUT2D eigenvalue weighted by Gasteiger charge is -2.37. The molecule has 4 aromatic rings. The first-order chi connectivity index (χ1) is 22.1. The van der Waals surface area contributed by atoms with Crippen molar-refractivity contribution in [3.05, 3.63) is 64.4 Å². The number of hydrogen-bond donors (Lipinski definition) is 3. The van der Waals surface area contributed by atoms with Crippen LogP contribution in [0.25, 0.3) is 10.9 Å². The van der Waals surface area contributed by atoms with E-state index in [1.807, 2.05) is 47.3 Å². The molecule has 45 heavy (non-hydrogen) atoms. The van der Waals surface area contributed by atoms with Gasteiger partial charge in [0.1, 0.15) is 11.5 Å². The highest BCUT2D eigenvalue weighted by molar-refractivity contribution is 6.42. The van der Waals surface area contributed by atoms with Gasteiger partial charge in [0.2, 0.25) is 5.95 Å². The number of aryl methyl sites for hydroxylation is 1. The topological polar surface area (TPSA) is 99.1 Å². The van der Waals surface area contributed by atoms with Crippen LogP contribution in [0.5, 0.6) is 0 Å². The Hall–Kier alpha value is -3.18. The van der Waals surface area contributed by atoms with E-state index in [0.717, 1.165) is 92.9 Å². The highest BCUT2D eigenvalue weighted by atomic mass is 35.5. The maximum Gasteiger partial charge on any atom is 0.225 e. The molecule has 2 aromatic heterocycles. The Balaban J connectivity index is 0.965. The molecule has 0 unspecified atom stereocenters. The number of nitrogens with one attached hydrogen (secondary N) is 3. The van der Waals surface area contributed by atoms with Gasteiger partial charge in [-0.15, -0.1) is 5.10 Å². The predicted molar refractivity (Wildman–Crippen MR) is 185 cm³/mol. The summed E-state index contributed by atoms with van der Waals surface area (Å²) in [5.41, 5.74) is 2.86. The Bertz CT molecular complexity index is 1510. The van der Waals surface area contributed by atoms with Crippen LogP contribution in [0.2, 0.25) is 10.0 Å². The van der Waals surface area contributed by atoms with Gasteiger partial charge in [0, 0.05) is 49.8 Å². The lowest BCUT2D eigenvalue weighted by atomic mass is 9.95. The maximum absolute atomic E-state index is 6.28. The summed E-state index contributed by atoms with van der Waals surface area (Å²) in [6.45, 7) is 7.86. The number of aromatic nitrogens is 5. The number of para-hydroxylation sites is 1. The van der Waals surface area contributed by atoms with Crippen LogP contribution in [0.1, 0.15) is 50.6 Å². The van der Waals surface area contributed by atoms with Crippen molar-refractivity contribution in [2.24, 2.45) is 0 Å². The summed E-state index contributed by atoms with van der Waals surface area (Å²) in [6, 6.07) is 14.7. The molecule has 240 valence electrons. The molecule has 3 heterocycles. The van der Waals surface area contributed by atoms with E-state index in [0.29, 0.717) is 22.5 Å². The molecule has 2 aromatic carbocycles. The maximum atomic E-state index is 6.28. The third-order valence-corrected chi connectivity index (χ3v) is 9.49. The monoisotopic (exact) mass is 650 g/mol. The second-order valence-electron chi connectivity index (χ2n) is 12.0. The summed E-state index contributed by atoms with van der Waals surface area (Å²) in [4.78, 5) is 14.4. The molecule has 0 bridgehead atoms. The van der Waals surface area contributed by atoms with Gasteiger partial charge in [0.25, 0.3) is 0 Å². The molecule has 0 spiro atoms. The lowest BCUT2D eigenvalue weighted by Crippen LogP contribution is -2.47. The molecule has 1 aliphatic carbocycles. The van der Waals surface area contributed by atoms with Crippen LogP contribution >= 0.6 is 23.2 Å². The van der Waals surface area contributed by atoms with E-state index < -0.39 is 0 Å². The van der Waals surface area contributed by atoms with Gasteiger partial charge in [-0.05, 0) is 75.6 Å². The Morgan fingerprint density at radius 1 is 0.822 bits per heavy atom. The van der Waals surface area contributed by atoms with Crippen molar-refractivity contribution in [1.82, 2.24) is 35.6 Å². The van der Waals surface area contributed by atoms with Crippen LogP contribution in [0.15, 0.2) is 48.7 Å². The van der Waals surface area contributed by atoms with E-state index in [4.69, 9.17) is 33.2 Å². The quantitative estimate of drug-likeness (QED) is 0.147. The van der Waals surface area contributed by atoms with Crippen LogP contribution < -0.4 is 25.8 Å². The third kappa shape index (κ3) is 8.76. The van der Waals surface area contributed by atoms with E-state index >= 15 is 0 Å². The Kier molecular flexibility index (Phi) is 11.2. The molecule has 0 amide bonds. The normalized spacial score (nSPS) is 16.0. The Morgan fingerprint density at radius 2 is 1.62 bits per heavy atom. The first-order valence-corrected chi connectivity index (χ1v) is 17.2. The van der Waals surface area contributed by atoms with Crippen LogP contribution in [-0.2, 0) is 13.1 Å². The summed E-state index contributed by atoms with van der Waals surface area (Å²) < 4.78 is 1.92. The van der Waals surface area contributed by atoms with E-state index in [9.17, 15) is 0 Å². The van der Waals surface area contributed by atoms with Crippen molar-refractivity contribution < 1.29 is 0 Å². The van der Waals surface area contributed by atoms with E-state index in [-0.39, 0.29) is 0 Å². The van der Waals surface area contributed by atoms with Crippen molar-refractivity contribution in [2.75, 3.05) is 60.9 Å². The van der Waals surface area contributed by atoms with Crippen LogP contribution in [0.3, 0.4) is 0 Å². The molecule has 1 aliphatic heterocycles. The van der Waals surface area contributed by atoms with Gasteiger partial charge >= 0.3 is 0 Å². The number of piperazine rings is 1. The number of nitrogens with zero attached hydrogens (tertiary/aromatic N) is 7. The molecule has 2 aliphatic rings. The molecular formula is C33H44Cl2N10. The molecule has 3 N–H and O–H groups in total. The largest absolute Gasteiger partial charge is 0.368 e. The minimum absolute atomic E-state index is 0.509. The van der Waals surface area contributed by atoms with E-state index in [1.54, 1.807) is 0 Å². The fourth-order valence-electron chi connectivity index (χ4n) is 6.25.